The molecule has 0 aromatic rings. The fraction of sp³-hybridized carbons (Fsp3) is 0.750. The summed E-state index contributed by atoms with van der Waals surface area (Å²) in [5.41, 5.74) is -0.0768. The van der Waals surface area contributed by atoms with E-state index in [0.717, 1.165) is 5.57 Å². The first kappa shape index (κ1) is 59.7. The van der Waals surface area contributed by atoms with Crippen LogP contribution in [0, 0.1) is 52.8 Å². The Kier molecular flexibility index (Phi) is 22.6. The number of aliphatic hydroxyl groups excluding tert-OH is 3. The molecule has 1 aliphatic carbocycles. The number of cyclic esters (lactones) is 1. The van der Waals surface area contributed by atoms with Crippen LogP contribution in [0.25, 0.3) is 0 Å². The Morgan fingerprint density at radius 1 is 0.901 bits per heavy atom. The first-order valence-corrected chi connectivity index (χ1v) is 26.3. The third-order valence-electron chi connectivity index (χ3n) is 16.1. The third-order valence-corrected chi connectivity index (χ3v) is 16.1. The average molecular weight is 998 g/mol. The minimum absolute atomic E-state index is 0.0548. The van der Waals surface area contributed by atoms with Gasteiger partial charge in [0, 0.05) is 50.2 Å². The molecule has 0 spiro atoms. The van der Waals surface area contributed by atoms with Gasteiger partial charge in [0.1, 0.15) is 35.2 Å². The second kappa shape index (κ2) is 26.9. The van der Waals surface area contributed by atoms with Gasteiger partial charge in [-0.3, -0.25) is 24.0 Å². The molecule has 0 radical (unpaired) electrons. The molecule has 1 amide bonds. The summed E-state index contributed by atoms with van der Waals surface area (Å²) in [6.07, 6.45) is 13.0. The molecule has 15 atom stereocenters. The Morgan fingerprint density at radius 2 is 1.59 bits per heavy atom. The number of piperidine rings is 1. The molecule has 3 fully saturated rings. The Bertz CT molecular complexity index is 1970. The maximum atomic E-state index is 14.5. The van der Waals surface area contributed by atoms with E-state index in [2.05, 4.69) is 0 Å². The highest BCUT2D eigenvalue weighted by molar-refractivity contribution is 6.39. The molecule has 71 heavy (non-hydrogen) atoms. The topological polar surface area (TPSA) is 223 Å². The Hall–Kier alpha value is -3.86. The quantitative estimate of drug-likeness (QED) is 0.110. The fourth-order valence-electron chi connectivity index (χ4n) is 10.9. The van der Waals surface area contributed by atoms with Crippen LogP contribution in [-0.4, -0.2) is 130 Å². The molecule has 4 rings (SSSR count). The van der Waals surface area contributed by atoms with E-state index >= 15 is 0 Å². The summed E-state index contributed by atoms with van der Waals surface area (Å²) in [6, 6.07) is -1.17. The van der Waals surface area contributed by atoms with Crippen LogP contribution in [0.3, 0.4) is 0 Å². The second-order valence-corrected chi connectivity index (χ2v) is 22.2. The molecule has 2 bridgehead atoms. The fourth-order valence-corrected chi connectivity index (χ4v) is 10.9. The minimum Gasteiger partial charge on any atom is -0.462 e. The van der Waals surface area contributed by atoms with Crippen molar-refractivity contribution in [1.29, 1.82) is 0 Å². The summed E-state index contributed by atoms with van der Waals surface area (Å²) >= 11 is 0. The van der Waals surface area contributed by atoms with Gasteiger partial charge < -0.3 is 44.3 Å². The van der Waals surface area contributed by atoms with E-state index in [9.17, 15) is 49.2 Å². The van der Waals surface area contributed by atoms with Crippen LogP contribution in [-0.2, 0) is 47.7 Å². The van der Waals surface area contributed by atoms with Crippen molar-refractivity contribution in [3.8, 4) is 0 Å². The highest BCUT2D eigenvalue weighted by Gasteiger charge is 2.53. The molecule has 0 aromatic carbocycles. The van der Waals surface area contributed by atoms with E-state index in [1.165, 1.54) is 11.8 Å². The van der Waals surface area contributed by atoms with E-state index in [4.69, 9.17) is 18.9 Å². The van der Waals surface area contributed by atoms with Gasteiger partial charge in [-0.2, -0.15) is 0 Å². The summed E-state index contributed by atoms with van der Waals surface area (Å²) in [6.45, 7) is 16.8. The number of nitrogens with zero attached hydrogens (tertiary/aromatic N) is 1. The number of carbonyl (C=O) groups excluding carboxylic acids is 6. The van der Waals surface area contributed by atoms with Crippen molar-refractivity contribution in [2.45, 2.75) is 189 Å². The van der Waals surface area contributed by atoms with Crippen molar-refractivity contribution in [3.05, 3.63) is 47.6 Å². The predicted molar refractivity (Wildman–Crippen MR) is 268 cm³/mol. The number of aliphatic hydroxyl groups is 4. The normalized spacial score (nSPS) is 38.2. The van der Waals surface area contributed by atoms with Gasteiger partial charge in [-0.25, -0.2) is 4.79 Å². The second-order valence-electron chi connectivity index (χ2n) is 22.2. The van der Waals surface area contributed by atoms with Crippen molar-refractivity contribution in [3.63, 3.8) is 0 Å². The zero-order valence-corrected chi connectivity index (χ0v) is 44.5. The lowest BCUT2D eigenvalue weighted by Crippen LogP contribution is -2.61. The Balaban J connectivity index is 1.67. The number of esters is 2. The minimum atomic E-state index is -2.45. The summed E-state index contributed by atoms with van der Waals surface area (Å²) < 4.78 is 24.1. The maximum Gasteiger partial charge on any atom is 0.329 e. The number of methoxy groups -OCH3 is 1. The van der Waals surface area contributed by atoms with E-state index in [-0.39, 0.29) is 60.5 Å². The van der Waals surface area contributed by atoms with Crippen LogP contribution in [0.4, 0.5) is 0 Å². The lowest BCUT2D eigenvalue weighted by molar-refractivity contribution is -0.265. The van der Waals surface area contributed by atoms with Gasteiger partial charge in [-0.1, -0.05) is 84.9 Å². The van der Waals surface area contributed by atoms with E-state index in [0.29, 0.717) is 69.8 Å². The van der Waals surface area contributed by atoms with Crippen molar-refractivity contribution >= 4 is 35.2 Å². The molecular formula is C56H87NO14. The molecule has 15 heteroatoms. The first-order chi connectivity index (χ1) is 33.4. The van der Waals surface area contributed by atoms with Gasteiger partial charge in [0.25, 0.3) is 11.7 Å². The molecule has 0 aromatic heterocycles. The lowest BCUT2D eigenvalue weighted by atomic mass is 9.75. The van der Waals surface area contributed by atoms with Crippen LogP contribution in [0.15, 0.2) is 47.6 Å². The SMILES string of the molecule is CO[C@H]1C[C@@H]2CC[C@@H](C)[C@@](O)(O2)C(=O)C(=O)N2CCCC[C@H]2C(=O)O[C@H]([C@H](C)C[C@@H]2CC[C@@H](OC(=O)C(C)(CO)CO)[C@H](C)C2)CC(=O)[C@H](C)/C=C(\C)[C@@H](O)[C@@H](C)C(=O)[C@H](C)C[C@H](C)/C=C/C=C/C=C/1C. The summed E-state index contributed by atoms with van der Waals surface area (Å²) in [7, 11) is 1.57. The van der Waals surface area contributed by atoms with Crippen molar-refractivity contribution < 1.29 is 68.1 Å². The number of ether oxygens (including phenoxy) is 4. The largest absolute Gasteiger partial charge is 0.462 e. The number of fused-ring (bicyclic) bond motifs is 3. The molecule has 4 aliphatic rings. The maximum absolute atomic E-state index is 14.5. The Morgan fingerprint density at radius 3 is 2.24 bits per heavy atom. The van der Waals surface area contributed by atoms with Gasteiger partial charge in [0.15, 0.2) is 0 Å². The smallest absolute Gasteiger partial charge is 0.329 e. The number of hydrogen-bond donors (Lipinski definition) is 4. The number of hydrogen-bond acceptors (Lipinski definition) is 14. The molecule has 1 saturated carbocycles. The number of carbonyl (C=O) groups is 6. The molecule has 3 heterocycles. The zero-order chi connectivity index (χ0) is 53.0. The van der Waals surface area contributed by atoms with E-state index < -0.39 is 102 Å². The molecule has 4 N–H and O–H groups in total. The average Bonchev–Trinajstić information content (AvgIpc) is 3.34. The van der Waals surface area contributed by atoms with Crippen molar-refractivity contribution in [1.82, 2.24) is 4.90 Å². The summed E-state index contributed by atoms with van der Waals surface area (Å²) in [5.74, 6) is -9.25. The molecule has 400 valence electrons. The molecule has 3 aliphatic heterocycles. The van der Waals surface area contributed by atoms with Gasteiger partial charge in [-0.05, 0) is 120 Å². The van der Waals surface area contributed by atoms with Crippen LogP contribution in [0.5, 0.6) is 0 Å². The monoisotopic (exact) mass is 998 g/mol. The number of rotatable bonds is 8. The van der Waals surface area contributed by atoms with Crippen LogP contribution in [0.1, 0.15) is 146 Å². The predicted octanol–water partition coefficient (Wildman–Crippen LogP) is 6.96. The molecule has 15 nitrogen and oxygen atoms in total. The van der Waals surface area contributed by atoms with Gasteiger partial charge >= 0.3 is 11.9 Å². The van der Waals surface area contributed by atoms with Crippen molar-refractivity contribution in [2.75, 3.05) is 26.9 Å². The molecule has 0 unspecified atom stereocenters. The molecular weight excluding hydrogens is 911 g/mol. The van der Waals surface area contributed by atoms with Gasteiger partial charge in [0.2, 0.25) is 5.79 Å². The number of Topliss-reactive ketones (excluding diaryl/α,β-unsaturated/α-hetero) is 3. The highest BCUT2D eigenvalue weighted by Crippen LogP contribution is 2.39. The van der Waals surface area contributed by atoms with E-state index in [1.54, 1.807) is 40.9 Å². The highest BCUT2D eigenvalue weighted by atomic mass is 16.6. The zero-order valence-electron chi connectivity index (χ0n) is 44.5. The molecule has 2 saturated heterocycles. The van der Waals surface area contributed by atoms with Crippen molar-refractivity contribution in [2.24, 2.45) is 52.8 Å². The van der Waals surface area contributed by atoms with Gasteiger partial charge in [-0.15, -0.1) is 0 Å². The van der Waals surface area contributed by atoms with Gasteiger partial charge in [0.05, 0.1) is 31.5 Å². The summed E-state index contributed by atoms with van der Waals surface area (Å²) in [5, 5.41) is 42.9. The standard InChI is InChI=1S/C56H87NO14/c1-33-17-13-12-14-18-34(2)47(68-11)29-43-22-20-40(8)56(67,71-43)51(63)52(64)57-24-16-15-19-44(57)53(65)69-48(30-45(60)35(3)26-39(7)50(62)41(9)49(61)38(6)25-33)37(5)28-42-21-23-46(36(4)27-42)70-54(66)55(10,31-58)32-59/h12-14,17-18,26,33,35-38,40-44,46-48,50,58-59,62,67H,15-16,19-25,27-32H2,1-11H3/b14-12+,17-13+,34-18+,39-26+/t33-,35-,36-,37-,38-,40-,41+,42-,43+,44+,46-,47+,48+,50-,56-/m1/s1. The first-order valence-electron chi connectivity index (χ1n) is 26.3. The van der Waals surface area contributed by atoms with Crippen LogP contribution < -0.4 is 0 Å². The number of allylic oxidation sites excluding steroid dienone is 6. The van der Waals surface area contributed by atoms with Crippen LogP contribution in [0.2, 0.25) is 0 Å². The number of ketones is 3. The lowest BCUT2D eigenvalue weighted by Gasteiger charge is -2.42. The summed E-state index contributed by atoms with van der Waals surface area (Å²) in [4.78, 5) is 85.1. The van der Waals surface area contributed by atoms with Crippen LogP contribution >= 0.6 is 0 Å². The Labute approximate surface area is 422 Å². The third kappa shape index (κ3) is 15.6. The van der Waals surface area contributed by atoms with E-state index in [1.807, 2.05) is 65.0 Å². The number of amides is 1.